The fourth-order valence-corrected chi connectivity index (χ4v) is 3.61. The number of hydrogen-bond donors (Lipinski definition) is 1. The molecule has 0 saturated heterocycles. The van der Waals surface area contributed by atoms with E-state index in [0.29, 0.717) is 27.6 Å². The molecule has 0 spiro atoms. The van der Waals surface area contributed by atoms with E-state index in [4.69, 9.17) is 16.3 Å². The molecule has 0 unspecified atom stereocenters. The smallest absolute Gasteiger partial charge is 0.252 e. The number of hydrogen-bond acceptors (Lipinski definition) is 3. The molecular formula is C26H20ClNO3. The predicted molar refractivity (Wildman–Crippen MR) is 123 cm³/mol. The van der Waals surface area contributed by atoms with Crippen LogP contribution >= 0.6 is 11.6 Å². The number of Topliss-reactive ketones (excluding diaryl/α,β-unsaturated/α-hetero) is 1. The van der Waals surface area contributed by atoms with Gasteiger partial charge in [-0.2, -0.15) is 0 Å². The minimum Gasteiger partial charge on any atom is -0.457 e. The van der Waals surface area contributed by atoms with E-state index in [2.05, 4.69) is 5.32 Å². The maximum absolute atomic E-state index is 12.7. The summed E-state index contributed by atoms with van der Waals surface area (Å²) in [7, 11) is 0. The summed E-state index contributed by atoms with van der Waals surface area (Å²) in [6, 6.07) is 27.7. The molecule has 5 heteroatoms. The molecule has 4 nitrogen and oxygen atoms in total. The van der Waals surface area contributed by atoms with Crippen LogP contribution in [-0.4, -0.2) is 18.2 Å². The zero-order valence-corrected chi connectivity index (χ0v) is 17.4. The summed E-state index contributed by atoms with van der Waals surface area (Å²) >= 11 is 6.34. The molecule has 0 aliphatic carbocycles. The molecule has 1 amide bonds. The van der Waals surface area contributed by atoms with Crippen LogP contribution in [0, 0.1) is 0 Å². The zero-order chi connectivity index (χ0) is 21.6. The van der Waals surface area contributed by atoms with Crippen LogP contribution in [0.4, 0.5) is 0 Å². The number of nitrogens with one attached hydrogen (secondary N) is 1. The van der Waals surface area contributed by atoms with Crippen molar-refractivity contribution in [2.24, 2.45) is 0 Å². The number of halogens is 1. The van der Waals surface area contributed by atoms with Crippen LogP contribution in [0.15, 0.2) is 91.0 Å². The minimum atomic E-state index is -0.287. The molecular weight excluding hydrogens is 410 g/mol. The Kier molecular flexibility index (Phi) is 6.29. The third-order valence-electron chi connectivity index (χ3n) is 4.90. The summed E-state index contributed by atoms with van der Waals surface area (Å²) in [6.45, 7) is -0.0992. The highest BCUT2D eigenvalue weighted by molar-refractivity contribution is 6.31. The van der Waals surface area contributed by atoms with E-state index in [0.717, 1.165) is 10.8 Å². The summed E-state index contributed by atoms with van der Waals surface area (Å²) in [5, 5.41) is 4.99. The average molecular weight is 430 g/mol. The highest BCUT2D eigenvalue weighted by atomic mass is 35.5. The van der Waals surface area contributed by atoms with E-state index >= 15 is 0 Å². The topological polar surface area (TPSA) is 55.4 Å². The number of carbonyl (C=O) groups is 2. The van der Waals surface area contributed by atoms with Crippen molar-refractivity contribution in [3.05, 3.63) is 107 Å². The molecule has 4 aromatic rings. The lowest BCUT2D eigenvalue weighted by atomic mass is 10.0. The fraction of sp³-hybridized carbons (Fsp3) is 0.0769. The van der Waals surface area contributed by atoms with Gasteiger partial charge >= 0.3 is 0 Å². The van der Waals surface area contributed by atoms with Gasteiger partial charge in [-0.15, -0.1) is 0 Å². The van der Waals surface area contributed by atoms with Gasteiger partial charge in [0.1, 0.15) is 11.5 Å². The second-order valence-electron chi connectivity index (χ2n) is 7.06. The molecule has 0 atom stereocenters. The Labute approximate surface area is 185 Å². The molecule has 4 aromatic carbocycles. The Hall–Kier alpha value is -3.63. The van der Waals surface area contributed by atoms with Gasteiger partial charge in [0.25, 0.3) is 5.91 Å². The summed E-state index contributed by atoms with van der Waals surface area (Å²) in [5.74, 6) is 0.722. The van der Waals surface area contributed by atoms with Crippen LogP contribution in [0.1, 0.15) is 15.9 Å². The van der Waals surface area contributed by atoms with Crippen molar-refractivity contribution >= 4 is 34.1 Å². The minimum absolute atomic E-state index is 0.0532. The van der Waals surface area contributed by atoms with Gasteiger partial charge in [-0.05, 0) is 41.1 Å². The third-order valence-corrected chi connectivity index (χ3v) is 5.26. The van der Waals surface area contributed by atoms with E-state index in [-0.39, 0.29) is 24.7 Å². The summed E-state index contributed by atoms with van der Waals surface area (Å²) in [6.07, 6.45) is 0.0532. The van der Waals surface area contributed by atoms with Gasteiger partial charge < -0.3 is 10.1 Å². The van der Waals surface area contributed by atoms with Crippen LogP contribution in [0.25, 0.3) is 10.8 Å². The van der Waals surface area contributed by atoms with Crippen LogP contribution in [0.2, 0.25) is 5.02 Å². The Morgan fingerprint density at radius 3 is 2.35 bits per heavy atom. The second-order valence-corrected chi connectivity index (χ2v) is 7.46. The first-order valence-electron chi connectivity index (χ1n) is 9.90. The van der Waals surface area contributed by atoms with E-state index in [9.17, 15) is 9.59 Å². The van der Waals surface area contributed by atoms with Crippen LogP contribution in [0.5, 0.6) is 11.5 Å². The van der Waals surface area contributed by atoms with Crippen molar-refractivity contribution in [1.82, 2.24) is 5.32 Å². The Morgan fingerprint density at radius 1 is 0.806 bits per heavy atom. The van der Waals surface area contributed by atoms with Gasteiger partial charge in [0.15, 0.2) is 5.78 Å². The quantitative estimate of drug-likeness (QED) is 0.402. The molecule has 0 aromatic heterocycles. The maximum Gasteiger partial charge on any atom is 0.252 e. The van der Waals surface area contributed by atoms with Gasteiger partial charge in [0.05, 0.1) is 6.54 Å². The van der Waals surface area contributed by atoms with Crippen molar-refractivity contribution in [3.8, 4) is 11.5 Å². The number of amides is 1. The van der Waals surface area contributed by atoms with E-state index in [1.807, 2.05) is 66.7 Å². The summed E-state index contributed by atoms with van der Waals surface area (Å²) in [5.41, 5.74) is 1.13. The SMILES string of the molecule is O=C(CNC(=O)c1cccc2ccccc12)Cc1c(Cl)cccc1Oc1ccccc1. The lowest BCUT2D eigenvalue weighted by Gasteiger charge is -2.13. The Bertz CT molecular complexity index is 1230. The second kappa shape index (κ2) is 9.45. The Balaban J connectivity index is 1.45. The van der Waals surface area contributed by atoms with Gasteiger partial charge in [-0.25, -0.2) is 0 Å². The standard InChI is InChI=1S/C26H20ClNO3/c27-24-14-7-15-25(31-20-10-2-1-3-11-20)23(24)16-19(29)17-28-26(30)22-13-6-9-18-8-4-5-12-21(18)22/h1-15H,16-17H2,(H,28,30). The fourth-order valence-electron chi connectivity index (χ4n) is 3.38. The van der Waals surface area contributed by atoms with E-state index in [1.54, 1.807) is 24.3 Å². The number of ether oxygens (including phenoxy) is 1. The van der Waals surface area contributed by atoms with Crippen molar-refractivity contribution in [2.75, 3.05) is 6.54 Å². The molecule has 0 heterocycles. The molecule has 154 valence electrons. The van der Waals surface area contributed by atoms with Gasteiger partial charge in [-0.3, -0.25) is 9.59 Å². The molecule has 0 saturated carbocycles. The average Bonchev–Trinajstić information content (AvgIpc) is 2.80. The number of rotatable bonds is 7. The first-order chi connectivity index (χ1) is 15.1. The van der Waals surface area contributed by atoms with Crippen molar-refractivity contribution in [3.63, 3.8) is 0 Å². The number of fused-ring (bicyclic) bond motifs is 1. The third kappa shape index (κ3) is 4.93. The predicted octanol–water partition coefficient (Wildman–Crippen LogP) is 5.83. The molecule has 0 aliphatic rings. The monoisotopic (exact) mass is 429 g/mol. The molecule has 1 N–H and O–H groups in total. The van der Waals surface area contributed by atoms with E-state index < -0.39 is 0 Å². The highest BCUT2D eigenvalue weighted by Crippen LogP contribution is 2.31. The largest absolute Gasteiger partial charge is 0.457 e. The number of ketones is 1. The molecule has 0 bridgehead atoms. The lowest BCUT2D eigenvalue weighted by Crippen LogP contribution is -2.30. The van der Waals surface area contributed by atoms with Crippen LogP contribution in [-0.2, 0) is 11.2 Å². The van der Waals surface area contributed by atoms with Crippen molar-refractivity contribution in [1.29, 1.82) is 0 Å². The lowest BCUT2D eigenvalue weighted by molar-refractivity contribution is -0.117. The van der Waals surface area contributed by atoms with Crippen LogP contribution < -0.4 is 10.1 Å². The number of benzene rings is 4. The first kappa shape index (κ1) is 20.6. The number of carbonyl (C=O) groups excluding carboxylic acids is 2. The normalized spacial score (nSPS) is 10.6. The summed E-state index contributed by atoms with van der Waals surface area (Å²) in [4.78, 5) is 25.3. The molecule has 4 rings (SSSR count). The van der Waals surface area contributed by atoms with Crippen molar-refractivity contribution in [2.45, 2.75) is 6.42 Å². The molecule has 0 aliphatic heterocycles. The highest BCUT2D eigenvalue weighted by Gasteiger charge is 2.16. The van der Waals surface area contributed by atoms with E-state index in [1.165, 1.54) is 0 Å². The van der Waals surface area contributed by atoms with Gasteiger partial charge in [-0.1, -0.05) is 72.3 Å². The summed E-state index contributed by atoms with van der Waals surface area (Å²) < 4.78 is 5.91. The molecule has 0 fully saturated rings. The Morgan fingerprint density at radius 2 is 1.52 bits per heavy atom. The molecule has 31 heavy (non-hydrogen) atoms. The van der Waals surface area contributed by atoms with Gasteiger partial charge in [0.2, 0.25) is 0 Å². The number of para-hydroxylation sites is 1. The maximum atomic E-state index is 12.7. The van der Waals surface area contributed by atoms with Gasteiger partial charge in [0, 0.05) is 22.6 Å². The first-order valence-corrected chi connectivity index (χ1v) is 10.3. The molecule has 0 radical (unpaired) electrons. The van der Waals surface area contributed by atoms with Crippen LogP contribution in [0.3, 0.4) is 0 Å². The van der Waals surface area contributed by atoms with Crippen molar-refractivity contribution < 1.29 is 14.3 Å². The zero-order valence-electron chi connectivity index (χ0n) is 16.7.